The molecular weight excluding hydrogens is 420 g/mol. The van der Waals surface area contributed by atoms with E-state index in [9.17, 15) is 13.2 Å². The fraction of sp³-hybridized carbons (Fsp3) is 0.316. The third-order valence-electron chi connectivity index (χ3n) is 6.47. The smallest absolute Gasteiger partial charge is 0.282 e. The Balaban J connectivity index is 2.01. The number of hydrogen-bond donors (Lipinski definition) is 2. The largest absolute Gasteiger partial charge is 0.433 e. The molecule has 1 aromatic carbocycles. The van der Waals surface area contributed by atoms with E-state index in [4.69, 9.17) is 47.1 Å². The molecule has 14 heteroatoms. The van der Waals surface area contributed by atoms with Crippen LogP contribution in [0.2, 0.25) is 10.4 Å². The van der Waals surface area contributed by atoms with Gasteiger partial charge in [-0.15, -0.1) is 10.4 Å². The number of fused-ring (bicyclic) bond motifs is 5. The van der Waals surface area contributed by atoms with Gasteiger partial charge in [-0.25, -0.2) is 4.98 Å². The van der Waals surface area contributed by atoms with Gasteiger partial charge in [-0.1, -0.05) is 5.21 Å². The summed E-state index contributed by atoms with van der Waals surface area (Å²) in [4.78, 5) is 4.53. The predicted octanol–water partition coefficient (Wildman–Crippen LogP) is 1.78. The molecule has 0 atom stereocenters. The number of H-pyrrole nitrogens is 2. The average molecular weight is 430 g/mol. The van der Waals surface area contributed by atoms with E-state index < -0.39 is 27.5 Å². The van der Waals surface area contributed by atoms with E-state index in [0.717, 1.165) is 6.20 Å². The van der Waals surface area contributed by atoms with Crippen LogP contribution in [-0.4, -0.2) is 72.5 Å². The number of halogens is 3. The third-order valence-corrected chi connectivity index (χ3v) is 6.47. The third kappa shape index (κ3) is 2.85. The Morgan fingerprint density at radius 2 is 1.64 bits per heavy atom. The SMILES string of the molecule is [B]C1([B])Cc2c(c(-c3cn[nH]c3C(F)(F)F)nc3ccc4n[nH]c(C)c4c23)C([B])([B])C1([B])[B]. The molecule has 0 amide bonds. The number of alkyl halides is 3. The van der Waals surface area contributed by atoms with Crippen LogP contribution >= 0.6 is 0 Å². The number of aromatic amines is 2. The summed E-state index contributed by atoms with van der Waals surface area (Å²) in [6.07, 6.45) is -3.90. The first-order chi connectivity index (χ1) is 15.2. The van der Waals surface area contributed by atoms with Crippen molar-refractivity contribution in [1.29, 1.82) is 0 Å². The molecule has 1 aliphatic carbocycles. The van der Waals surface area contributed by atoms with Crippen molar-refractivity contribution in [3.05, 3.63) is 40.8 Å². The van der Waals surface area contributed by atoms with Crippen LogP contribution in [0.15, 0.2) is 18.3 Å². The highest BCUT2D eigenvalue weighted by atomic mass is 19.4. The van der Waals surface area contributed by atoms with E-state index in [1.54, 1.807) is 19.1 Å². The van der Waals surface area contributed by atoms with E-state index in [2.05, 4.69) is 20.3 Å². The second-order valence-corrected chi connectivity index (χ2v) is 8.63. The van der Waals surface area contributed by atoms with Crippen molar-refractivity contribution in [2.75, 3.05) is 0 Å². The minimum absolute atomic E-state index is 0.00604. The maximum absolute atomic E-state index is 13.7. The monoisotopic (exact) mass is 431 g/mol. The first kappa shape index (κ1) is 22.3. The van der Waals surface area contributed by atoms with Crippen LogP contribution in [0.4, 0.5) is 13.2 Å². The summed E-state index contributed by atoms with van der Waals surface area (Å²) in [5, 5.41) is 7.82. The zero-order valence-corrected chi connectivity index (χ0v) is 17.4. The number of nitrogens with zero attached hydrogens (tertiary/aromatic N) is 3. The summed E-state index contributed by atoms with van der Waals surface area (Å²) in [7, 11) is 38.0. The average Bonchev–Trinajstić information content (AvgIpc) is 3.33. The molecular formula is C19H10B6F3N5. The van der Waals surface area contributed by atoms with Crippen molar-refractivity contribution in [1.82, 2.24) is 25.4 Å². The number of pyridine rings is 1. The van der Waals surface area contributed by atoms with Crippen molar-refractivity contribution in [2.45, 2.75) is 35.2 Å². The van der Waals surface area contributed by atoms with Gasteiger partial charge in [-0.2, -0.15) is 23.4 Å². The summed E-state index contributed by atoms with van der Waals surface area (Å²) >= 11 is 0. The van der Waals surface area contributed by atoms with Crippen LogP contribution in [-0.2, 0) is 17.8 Å². The number of rotatable bonds is 1. The molecule has 2 N–H and O–H groups in total. The fourth-order valence-corrected chi connectivity index (χ4v) is 4.63. The Bertz CT molecular complexity index is 1440. The lowest BCUT2D eigenvalue weighted by molar-refractivity contribution is -0.140. The molecule has 0 saturated heterocycles. The zero-order valence-electron chi connectivity index (χ0n) is 17.4. The lowest BCUT2D eigenvalue weighted by atomic mass is 9.14. The van der Waals surface area contributed by atoms with E-state index in [1.807, 2.05) is 5.10 Å². The van der Waals surface area contributed by atoms with Crippen LogP contribution < -0.4 is 0 Å². The van der Waals surface area contributed by atoms with Gasteiger partial charge in [0.2, 0.25) is 0 Å². The van der Waals surface area contributed by atoms with Crippen molar-refractivity contribution in [3.63, 3.8) is 0 Å². The summed E-state index contributed by atoms with van der Waals surface area (Å²) in [6.45, 7) is 1.79. The first-order valence-corrected chi connectivity index (χ1v) is 9.83. The molecule has 0 saturated carbocycles. The molecule has 3 aromatic heterocycles. The number of hydrogen-bond acceptors (Lipinski definition) is 3. The topological polar surface area (TPSA) is 70.2 Å². The molecule has 4 aromatic rings. The van der Waals surface area contributed by atoms with Crippen LogP contribution in [0.5, 0.6) is 0 Å². The molecule has 1 aliphatic rings. The summed E-state index contributed by atoms with van der Waals surface area (Å²) < 4.78 is 41.2. The number of aromatic nitrogens is 5. The predicted molar refractivity (Wildman–Crippen MR) is 124 cm³/mol. The highest BCUT2D eigenvalue weighted by molar-refractivity contribution is 6.62. The van der Waals surface area contributed by atoms with E-state index in [-0.39, 0.29) is 23.2 Å². The first-order valence-electron chi connectivity index (χ1n) is 9.83. The van der Waals surface area contributed by atoms with Crippen LogP contribution in [0.1, 0.15) is 22.5 Å². The maximum Gasteiger partial charge on any atom is 0.433 e. The van der Waals surface area contributed by atoms with E-state index in [1.165, 1.54) is 0 Å². The van der Waals surface area contributed by atoms with Gasteiger partial charge in [0.25, 0.3) is 0 Å². The molecule has 0 spiro atoms. The van der Waals surface area contributed by atoms with Gasteiger partial charge in [0.05, 0.1) is 75.6 Å². The van der Waals surface area contributed by atoms with Gasteiger partial charge in [0.15, 0.2) is 0 Å². The molecule has 5 nitrogen and oxygen atoms in total. The molecule has 150 valence electrons. The van der Waals surface area contributed by atoms with Gasteiger partial charge < -0.3 is 0 Å². The number of benzene rings is 1. The standard InChI is InChI=1S/C19H10B6F3N5/c1-6-11-10(32-31-6)3-2-9-12(11)7-4-16(20,21)19(24,25)17(22,23)13(7)14(30-9)8-5-29-33-15(8)18(26,27)28/h2-3,5H,4H2,1H3,(H,29,33)(H,31,32). The van der Waals surface area contributed by atoms with Crippen molar-refractivity contribution in [3.8, 4) is 11.3 Å². The Labute approximate surface area is 194 Å². The Kier molecular flexibility index (Phi) is 4.42. The molecule has 0 aliphatic heterocycles. The molecule has 0 fully saturated rings. The maximum atomic E-state index is 13.7. The summed E-state index contributed by atoms with van der Waals surface area (Å²) in [5.41, 5.74) is 0.415. The lowest BCUT2D eigenvalue weighted by Crippen LogP contribution is -2.55. The van der Waals surface area contributed by atoms with E-state index >= 15 is 0 Å². The molecule has 0 bridgehead atoms. The summed E-state index contributed by atoms with van der Waals surface area (Å²) in [6, 6.07) is 3.32. The van der Waals surface area contributed by atoms with Gasteiger partial charge >= 0.3 is 6.18 Å². The van der Waals surface area contributed by atoms with E-state index in [0.29, 0.717) is 33.1 Å². The van der Waals surface area contributed by atoms with Crippen LogP contribution in [0.25, 0.3) is 33.1 Å². The highest BCUT2D eigenvalue weighted by Gasteiger charge is 2.52. The zero-order chi connectivity index (χ0) is 24.1. The molecule has 5 rings (SSSR count). The molecule has 0 unspecified atom stereocenters. The normalized spacial score (nSPS) is 19.0. The van der Waals surface area contributed by atoms with Crippen molar-refractivity contribution in [2.24, 2.45) is 0 Å². The van der Waals surface area contributed by atoms with Gasteiger partial charge in [-0.05, 0) is 36.6 Å². The summed E-state index contributed by atoms with van der Waals surface area (Å²) in [5.74, 6) is 0. The number of nitrogens with one attached hydrogen (secondary N) is 2. The van der Waals surface area contributed by atoms with Gasteiger partial charge in [0.1, 0.15) is 5.69 Å². The Hall–Kier alpha value is -2.51. The second-order valence-electron chi connectivity index (χ2n) is 8.63. The molecule has 33 heavy (non-hydrogen) atoms. The Morgan fingerprint density at radius 3 is 2.30 bits per heavy atom. The molecule has 12 radical (unpaired) electrons. The van der Waals surface area contributed by atoms with Gasteiger partial charge in [0, 0.05) is 16.5 Å². The second kappa shape index (κ2) is 6.54. The minimum Gasteiger partial charge on any atom is -0.282 e. The minimum atomic E-state index is -4.75. The van der Waals surface area contributed by atoms with Crippen molar-refractivity contribution >= 4 is 68.9 Å². The van der Waals surface area contributed by atoms with Crippen LogP contribution in [0, 0.1) is 6.92 Å². The van der Waals surface area contributed by atoms with Gasteiger partial charge in [-0.3, -0.25) is 10.2 Å². The quantitative estimate of drug-likeness (QED) is 0.453. The highest BCUT2D eigenvalue weighted by Crippen LogP contribution is 2.61. The fourth-order valence-electron chi connectivity index (χ4n) is 4.63. The van der Waals surface area contributed by atoms with Crippen LogP contribution in [0.3, 0.4) is 0 Å². The molecule has 3 heterocycles. The lowest BCUT2D eigenvalue weighted by Gasteiger charge is -2.60. The Morgan fingerprint density at radius 1 is 0.970 bits per heavy atom. The number of aryl methyl sites for hydroxylation is 1. The van der Waals surface area contributed by atoms with Crippen molar-refractivity contribution < 1.29 is 13.2 Å².